The largest absolute Gasteiger partial charge is 0.366 e. The van der Waals surface area contributed by atoms with Crippen LogP contribution in [0.15, 0.2) is 24.4 Å². The first kappa shape index (κ1) is 8.66. The van der Waals surface area contributed by atoms with Gasteiger partial charge in [-0.2, -0.15) is 0 Å². The minimum atomic E-state index is -0.250. The fraction of sp³-hybridized carbons (Fsp3) is 0.500. The average molecular weight is 178 g/mol. The Labute approximate surface area is 78.1 Å². The van der Waals surface area contributed by atoms with E-state index in [-0.39, 0.29) is 5.60 Å². The molecule has 13 heavy (non-hydrogen) atoms. The van der Waals surface area contributed by atoms with Crippen LogP contribution in [-0.4, -0.2) is 24.7 Å². The lowest BCUT2D eigenvalue weighted by molar-refractivity contribution is -0.0601. The van der Waals surface area contributed by atoms with E-state index in [9.17, 15) is 0 Å². The number of aromatic nitrogens is 1. The molecular formula is C10H14N2O. The minimum absolute atomic E-state index is 0.250. The Morgan fingerprint density at radius 1 is 1.54 bits per heavy atom. The van der Waals surface area contributed by atoms with Gasteiger partial charge in [0.25, 0.3) is 0 Å². The van der Waals surface area contributed by atoms with Gasteiger partial charge >= 0.3 is 0 Å². The summed E-state index contributed by atoms with van der Waals surface area (Å²) < 4.78 is 5.73. The molecule has 1 N–H and O–H groups in total. The zero-order chi connectivity index (χ0) is 9.15. The van der Waals surface area contributed by atoms with Crippen molar-refractivity contribution in [1.29, 1.82) is 0 Å². The quantitative estimate of drug-likeness (QED) is 0.694. The zero-order valence-electron chi connectivity index (χ0n) is 7.79. The highest BCUT2D eigenvalue weighted by molar-refractivity contribution is 5.13. The van der Waals surface area contributed by atoms with Crippen molar-refractivity contribution in [3.63, 3.8) is 0 Å². The molecule has 1 aliphatic rings. The minimum Gasteiger partial charge on any atom is -0.366 e. The first-order chi connectivity index (χ1) is 6.31. The highest BCUT2D eigenvalue weighted by Gasteiger charge is 2.30. The summed E-state index contributed by atoms with van der Waals surface area (Å²) in [6.07, 6.45) is 1.80. The maximum atomic E-state index is 5.73. The third-order valence-electron chi connectivity index (χ3n) is 2.37. The van der Waals surface area contributed by atoms with E-state index in [1.807, 2.05) is 18.2 Å². The van der Waals surface area contributed by atoms with Gasteiger partial charge in [0.1, 0.15) is 5.60 Å². The maximum Gasteiger partial charge on any atom is 0.120 e. The first-order valence-electron chi connectivity index (χ1n) is 4.57. The predicted molar refractivity (Wildman–Crippen MR) is 50.4 cm³/mol. The van der Waals surface area contributed by atoms with E-state index in [0.29, 0.717) is 0 Å². The van der Waals surface area contributed by atoms with Crippen molar-refractivity contribution in [2.45, 2.75) is 12.5 Å². The van der Waals surface area contributed by atoms with Crippen molar-refractivity contribution in [2.75, 3.05) is 19.7 Å². The number of hydrogen-bond acceptors (Lipinski definition) is 3. The lowest BCUT2D eigenvalue weighted by atomic mass is 10.0. The van der Waals surface area contributed by atoms with Gasteiger partial charge in [0, 0.05) is 19.3 Å². The molecule has 1 aromatic rings. The number of morpholine rings is 1. The van der Waals surface area contributed by atoms with Crippen LogP contribution < -0.4 is 5.32 Å². The SMILES string of the molecule is CC1(c2ccccn2)CNCCO1. The molecule has 0 aromatic carbocycles. The molecule has 0 saturated carbocycles. The molecule has 3 nitrogen and oxygen atoms in total. The van der Waals surface area contributed by atoms with Crippen LogP contribution in [0.4, 0.5) is 0 Å². The topological polar surface area (TPSA) is 34.2 Å². The molecule has 3 heteroatoms. The number of rotatable bonds is 1. The van der Waals surface area contributed by atoms with Crippen LogP contribution in [0.2, 0.25) is 0 Å². The van der Waals surface area contributed by atoms with E-state index in [1.54, 1.807) is 6.20 Å². The van der Waals surface area contributed by atoms with E-state index in [1.165, 1.54) is 0 Å². The van der Waals surface area contributed by atoms with Gasteiger partial charge in [-0.1, -0.05) is 6.07 Å². The maximum absolute atomic E-state index is 5.73. The van der Waals surface area contributed by atoms with Gasteiger partial charge in [0.2, 0.25) is 0 Å². The Morgan fingerprint density at radius 3 is 3.08 bits per heavy atom. The summed E-state index contributed by atoms with van der Waals surface area (Å²) in [5, 5.41) is 3.31. The van der Waals surface area contributed by atoms with E-state index >= 15 is 0 Å². The van der Waals surface area contributed by atoms with Crippen molar-refractivity contribution in [3.8, 4) is 0 Å². The number of pyridine rings is 1. The van der Waals surface area contributed by atoms with Crippen LogP contribution in [-0.2, 0) is 10.3 Å². The summed E-state index contributed by atoms with van der Waals surface area (Å²) in [4.78, 5) is 4.31. The molecule has 1 saturated heterocycles. The Kier molecular flexibility index (Phi) is 2.29. The van der Waals surface area contributed by atoms with Crippen LogP contribution in [0.3, 0.4) is 0 Å². The molecular weight excluding hydrogens is 164 g/mol. The number of nitrogens with zero attached hydrogens (tertiary/aromatic N) is 1. The molecule has 1 aliphatic heterocycles. The summed E-state index contributed by atoms with van der Waals surface area (Å²) in [5.74, 6) is 0. The normalized spacial score (nSPS) is 28.7. The van der Waals surface area contributed by atoms with Gasteiger partial charge in [-0.15, -0.1) is 0 Å². The number of nitrogens with one attached hydrogen (secondary N) is 1. The van der Waals surface area contributed by atoms with Crippen LogP contribution in [0.5, 0.6) is 0 Å². The van der Waals surface area contributed by atoms with Crippen molar-refractivity contribution in [1.82, 2.24) is 10.3 Å². The van der Waals surface area contributed by atoms with Crippen LogP contribution in [0.1, 0.15) is 12.6 Å². The average Bonchev–Trinajstić information content (AvgIpc) is 2.20. The highest BCUT2D eigenvalue weighted by atomic mass is 16.5. The summed E-state index contributed by atoms with van der Waals surface area (Å²) in [6, 6.07) is 5.92. The Bertz CT molecular complexity index is 268. The van der Waals surface area contributed by atoms with Gasteiger partial charge in [0.05, 0.1) is 12.3 Å². The molecule has 0 spiro atoms. The van der Waals surface area contributed by atoms with Gasteiger partial charge in [-0.3, -0.25) is 4.98 Å². The van der Waals surface area contributed by atoms with E-state index in [0.717, 1.165) is 25.4 Å². The van der Waals surface area contributed by atoms with Crippen molar-refractivity contribution in [2.24, 2.45) is 0 Å². The fourth-order valence-corrected chi connectivity index (χ4v) is 1.57. The van der Waals surface area contributed by atoms with Gasteiger partial charge in [0.15, 0.2) is 0 Å². The van der Waals surface area contributed by atoms with Crippen LogP contribution in [0.25, 0.3) is 0 Å². The molecule has 0 aliphatic carbocycles. The number of ether oxygens (including phenoxy) is 1. The van der Waals surface area contributed by atoms with Crippen molar-refractivity contribution < 1.29 is 4.74 Å². The van der Waals surface area contributed by atoms with Crippen molar-refractivity contribution in [3.05, 3.63) is 30.1 Å². The molecule has 0 radical (unpaired) electrons. The van der Waals surface area contributed by atoms with Crippen LogP contribution >= 0.6 is 0 Å². The van der Waals surface area contributed by atoms with E-state index < -0.39 is 0 Å². The fourth-order valence-electron chi connectivity index (χ4n) is 1.57. The smallest absolute Gasteiger partial charge is 0.120 e. The molecule has 1 unspecified atom stereocenters. The van der Waals surface area contributed by atoms with Crippen molar-refractivity contribution >= 4 is 0 Å². The lowest BCUT2D eigenvalue weighted by Crippen LogP contribution is -2.45. The second-order valence-corrected chi connectivity index (χ2v) is 3.47. The molecule has 1 fully saturated rings. The monoisotopic (exact) mass is 178 g/mol. The molecule has 2 rings (SSSR count). The standard InChI is InChI=1S/C10H14N2O/c1-10(8-11-6-7-13-10)9-4-2-3-5-12-9/h2-5,11H,6-8H2,1H3. The highest BCUT2D eigenvalue weighted by Crippen LogP contribution is 2.23. The van der Waals surface area contributed by atoms with Gasteiger partial charge in [-0.05, 0) is 19.1 Å². The number of hydrogen-bond donors (Lipinski definition) is 1. The van der Waals surface area contributed by atoms with Gasteiger partial charge in [-0.25, -0.2) is 0 Å². The molecule has 1 atom stereocenters. The first-order valence-corrected chi connectivity index (χ1v) is 4.57. The second kappa shape index (κ2) is 3.44. The summed E-state index contributed by atoms with van der Waals surface area (Å²) in [5.41, 5.74) is 0.752. The Balaban J connectivity index is 2.23. The molecule has 0 bridgehead atoms. The molecule has 2 heterocycles. The Morgan fingerprint density at radius 2 is 2.46 bits per heavy atom. The van der Waals surface area contributed by atoms with Gasteiger partial charge < -0.3 is 10.1 Å². The lowest BCUT2D eigenvalue weighted by Gasteiger charge is -2.33. The van der Waals surface area contributed by atoms with E-state index in [2.05, 4.69) is 17.2 Å². The third-order valence-corrected chi connectivity index (χ3v) is 2.37. The third kappa shape index (κ3) is 1.71. The predicted octanol–water partition coefficient (Wildman–Crippen LogP) is 0.917. The summed E-state index contributed by atoms with van der Waals surface area (Å²) in [6.45, 7) is 4.60. The molecule has 1 aromatic heterocycles. The summed E-state index contributed by atoms with van der Waals surface area (Å²) >= 11 is 0. The zero-order valence-corrected chi connectivity index (χ0v) is 7.79. The van der Waals surface area contributed by atoms with Crippen LogP contribution in [0, 0.1) is 0 Å². The van der Waals surface area contributed by atoms with E-state index in [4.69, 9.17) is 4.74 Å². The summed E-state index contributed by atoms with van der Waals surface area (Å²) in [7, 11) is 0. The molecule has 0 amide bonds. The molecule has 70 valence electrons. The second-order valence-electron chi connectivity index (χ2n) is 3.47. The Hall–Kier alpha value is -0.930.